The largest absolute Gasteiger partial charge is 0.370 e. The number of nitrogens with one attached hydrogen (secondary N) is 4. The molecular formula is C24H24FN9. The first-order valence-electron chi connectivity index (χ1n) is 10.9. The van der Waals surface area contributed by atoms with E-state index in [9.17, 15) is 4.39 Å². The summed E-state index contributed by atoms with van der Waals surface area (Å²) in [6.07, 6.45) is 0.731. The molecule has 0 amide bonds. The van der Waals surface area contributed by atoms with Gasteiger partial charge in [-0.25, -0.2) is 19.5 Å². The molecule has 2 aromatic carbocycles. The fourth-order valence-corrected chi connectivity index (χ4v) is 4.17. The highest BCUT2D eigenvalue weighted by atomic mass is 19.1. The predicted molar refractivity (Wildman–Crippen MR) is 130 cm³/mol. The molecule has 0 atom stereocenters. The molecule has 10 heteroatoms. The standard InChI is InChI=1S/C24H24FN9/c1-13-7-8-19(25)23-22(13)18(14(2)27-23)9-10-26-20-12-21(29-15(3)28-20)30-17-6-4-5-16(11-17)24-31-33-34-32-24/h4-8,11-12,27H,9-10H2,1-3H3,(H2,26,28,29,30)(H,31,32,33,34). The maximum atomic E-state index is 14.2. The van der Waals surface area contributed by atoms with Crippen LogP contribution in [0.3, 0.4) is 0 Å². The minimum atomic E-state index is -0.228. The fourth-order valence-electron chi connectivity index (χ4n) is 4.17. The Hall–Kier alpha value is -4.34. The molecule has 0 saturated heterocycles. The van der Waals surface area contributed by atoms with E-state index in [4.69, 9.17) is 0 Å². The lowest BCUT2D eigenvalue weighted by atomic mass is 10.0. The van der Waals surface area contributed by atoms with Gasteiger partial charge in [-0.3, -0.25) is 0 Å². The van der Waals surface area contributed by atoms with Gasteiger partial charge in [-0.05, 0) is 66.9 Å². The van der Waals surface area contributed by atoms with Crippen LogP contribution in [0.2, 0.25) is 0 Å². The first kappa shape index (κ1) is 21.5. The van der Waals surface area contributed by atoms with E-state index in [1.807, 2.05) is 57.2 Å². The van der Waals surface area contributed by atoms with Crippen molar-refractivity contribution < 1.29 is 4.39 Å². The molecule has 0 aliphatic heterocycles. The summed E-state index contributed by atoms with van der Waals surface area (Å²) in [4.78, 5) is 12.2. The third-order valence-corrected chi connectivity index (χ3v) is 5.70. The Balaban J connectivity index is 1.31. The molecule has 0 aliphatic rings. The van der Waals surface area contributed by atoms with Gasteiger partial charge >= 0.3 is 0 Å². The maximum Gasteiger partial charge on any atom is 0.179 e. The zero-order valence-electron chi connectivity index (χ0n) is 19.1. The minimum absolute atomic E-state index is 0.228. The van der Waals surface area contributed by atoms with Gasteiger partial charge in [0.15, 0.2) is 5.82 Å². The van der Waals surface area contributed by atoms with E-state index in [1.54, 1.807) is 0 Å². The SMILES string of the molecule is Cc1nc(NCCc2c(C)[nH]c3c(F)ccc(C)c23)cc(Nc2cccc(-c3nnn[nH]3)c2)n1. The molecule has 0 fully saturated rings. The van der Waals surface area contributed by atoms with Crippen LogP contribution in [-0.4, -0.2) is 42.1 Å². The van der Waals surface area contributed by atoms with Crippen LogP contribution in [0.4, 0.5) is 21.7 Å². The molecule has 34 heavy (non-hydrogen) atoms. The summed E-state index contributed by atoms with van der Waals surface area (Å²) in [7, 11) is 0. The van der Waals surface area contributed by atoms with Gasteiger partial charge in [0.25, 0.3) is 0 Å². The predicted octanol–water partition coefficient (Wildman–Crippen LogP) is 4.60. The maximum absolute atomic E-state index is 14.2. The number of H-pyrrole nitrogens is 2. The van der Waals surface area contributed by atoms with Crippen molar-refractivity contribution in [2.24, 2.45) is 0 Å². The molecule has 0 unspecified atom stereocenters. The van der Waals surface area contributed by atoms with E-state index in [0.29, 0.717) is 35.3 Å². The average Bonchev–Trinajstić information content (AvgIpc) is 3.46. The molecule has 3 aromatic heterocycles. The highest BCUT2D eigenvalue weighted by molar-refractivity contribution is 5.88. The lowest BCUT2D eigenvalue weighted by Crippen LogP contribution is -2.09. The number of nitrogens with zero attached hydrogens (tertiary/aromatic N) is 5. The monoisotopic (exact) mass is 457 g/mol. The van der Waals surface area contributed by atoms with Gasteiger partial charge in [-0.1, -0.05) is 18.2 Å². The molecule has 0 saturated carbocycles. The number of benzene rings is 2. The molecule has 5 aromatic rings. The second-order valence-corrected chi connectivity index (χ2v) is 8.16. The van der Waals surface area contributed by atoms with E-state index < -0.39 is 0 Å². The highest BCUT2D eigenvalue weighted by Gasteiger charge is 2.14. The van der Waals surface area contributed by atoms with Gasteiger partial charge in [-0.2, -0.15) is 0 Å². The summed E-state index contributed by atoms with van der Waals surface area (Å²) in [6.45, 7) is 6.48. The van der Waals surface area contributed by atoms with E-state index in [2.05, 4.69) is 46.2 Å². The summed E-state index contributed by atoms with van der Waals surface area (Å²) in [5, 5.41) is 21.6. The van der Waals surface area contributed by atoms with Gasteiger partial charge in [-0.15, -0.1) is 5.10 Å². The van der Waals surface area contributed by atoms with Crippen LogP contribution in [0.15, 0.2) is 42.5 Å². The summed E-state index contributed by atoms with van der Waals surface area (Å²) < 4.78 is 14.2. The first-order valence-corrected chi connectivity index (χ1v) is 10.9. The smallest absolute Gasteiger partial charge is 0.179 e. The zero-order valence-corrected chi connectivity index (χ0v) is 19.1. The van der Waals surface area contributed by atoms with Crippen molar-refractivity contribution in [3.8, 4) is 11.4 Å². The van der Waals surface area contributed by atoms with Crippen molar-refractivity contribution >= 4 is 28.2 Å². The summed E-state index contributed by atoms with van der Waals surface area (Å²) in [5.74, 6) is 2.39. The van der Waals surface area contributed by atoms with Crippen LogP contribution in [0.1, 0.15) is 22.6 Å². The quantitative estimate of drug-likeness (QED) is 0.282. The molecule has 3 heterocycles. The molecule has 0 bridgehead atoms. The third kappa shape index (κ3) is 4.29. The number of aryl methyl sites for hydroxylation is 3. The van der Waals surface area contributed by atoms with Crippen LogP contribution >= 0.6 is 0 Å². The Bertz CT molecular complexity index is 1460. The van der Waals surface area contributed by atoms with Gasteiger partial charge in [0.1, 0.15) is 23.3 Å². The van der Waals surface area contributed by atoms with Crippen LogP contribution < -0.4 is 10.6 Å². The van der Waals surface area contributed by atoms with Crippen LogP contribution in [-0.2, 0) is 6.42 Å². The fraction of sp³-hybridized carbons (Fsp3) is 0.208. The van der Waals surface area contributed by atoms with E-state index in [1.165, 1.54) is 6.07 Å². The number of aromatic amines is 2. The number of aromatic nitrogens is 7. The number of halogens is 1. The van der Waals surface area contributed by atoms with E-state index in [-0.39, 0.29) is 5.82 Å². The summed E-state index contributed by atoms with van der Waals surface area (Å²) in [6, 6.07) is 12.9. The number of fused-ring (bicyclic) bond motifs is 1. The Morgan fingerprint density at radius 1 is 1.00 bits per heavy atom. The van der Waals surface area contributed by atoms with Crippen molar-refractivity contribution in [1.82, 2.24) is 35.6 Å². The van der Waals surface area contributed by atoms with Crippen LogP contribution in [0, 0.1) is 26.6 Å². The van der Waals surface area contributed by atoms with Gasteiger partial charge < -0.3 is 15.6 Å². The van der Waals surface area contributed by atoms with Crippen molar-refractivity contribution in [1.29, 1.82) is 0 Å². The number of tetrazole rings is 1. The Morgan fingerprint density at radius 3 is 2.68 bits per heavy atom. The van der Waals surface area contributed by atoms with E-state index >= 15 is 0 Å². The molecule has 4 N–H and O–H groups in total. The van der Waals surface area contributed by atoms with E-state index in [0.717, 1.165) is 39.9 Å². The molecule has 0 aliphatic carbocycles. The van der Waals surface area contributed by atoms with Crippen molar-refractivity contribution in [3.05, 3.63) is 70.9 Å². The molecule has 0 radical (unpaired) electrons. The van der Waals surface area contributed by atoms with Crippen molar-refractivity contribution in [2.45, 2.75) is 27.2 Å². The number of rotatable bonds is 7. The van der Waals surface area contributed by atoms with Gasteiger partial charge in [0.05, 0.1) is 5.52 Å². The number of anilines is 3. The normalized spacial score (nSPS) is 11.2. The third-order valence-electron chi connectivity index (χ3n) is 5.70. The Kier molecular flexibility index (Phi) is 5.62. The first-order chi connectivity index (χ1) is 16.5. The van der Waals surface area contributed by atoms with Crippen molar-refractivity contribution in [2.75, 3.05) is 17.2 Å². The molecule has 172 valence electrons. The Morgan fingerprint density at radius 2 is 1.85 bits per heavy atom. The second-order valence-electron chi connectivity index (χ2n) is 8.16. The topological polar surface area (TPSA) is 120 Å². The Labute approximate surface area is 195 Å². The zero-order chi connectivity index (χ0) is 23.7. The average molecular weight is 458 g/mol. The lowest BCUT2D eigenvalue weighted by molar-refractivity contribution is 0.637. The molecule has 5 rings (SSSR count). The molecule has 0 spiro atoms. The summed E-state index contributed by atoms with van der Waals surface area (Å²) in [5.41, 5.74) is 5.43. The van der Waals surface area contributed by atoms with Crippen molar-refractivity contribution in [3.63, 3.8) is 0 Å². The second kappa shape index (κ2) is 8.89. The minimum Gasteiger partial charge on any atom is -0.370 e. The summed E-state index contributed by atoms with van der Waals surface area (Å²) >= 11 is 0. The van der Waals surface area contributed by atoms with Crippen LogP contribution in [0.5, 0.6) is 0 Å². The number of hydrogen-bond acceptors (Lipinski definition) is 7. The highest BCUT2D eigenvalue weighted by Crippen LogP contribution is 2.28. The molecule has 9 nitrogen and oxygen atoms in total. The van der Waals surface area contributed by atoms with Crippen LogP contribution in [0.25, 0.3) is 22.3 Å². The van der Waals surface area contributed by atoms with Gasteiger partial charge in [0.2, 0.25) is 0 Å². The molecular weight excluding hydrogens is 433 g/mol. The van der Waals surface area contributed by atoms with Gasteiger partial charge in [0, 0.05) is 34.9 Å². The lowest BCUT2D eigenvalue weighted by Gasteiger charge is -2.11. The number of hydrogen-bond donors (Lipinski definition) is 4.